The minimum Gasteiger partial charge on any atom is -0.397 e. The standard InChI is InChI=1S/C13H20F2N2O/c1-9(2)18-6-4-3-5-17-13-8-11(15)10(14)7-12(13)16/h7-9,17H,3-6,16H2,1-2H3. The van der Waals surface area contributed by atoms with E-state index in [4.69, 9.17) is 10.5 Å². The summed E-state index contributed by atoms with van der Waals surface area (Å²) >= 11 is 0. The second-order valence-corrected chi connectivity index (χ2v) is 4.41. The maximum atomic E-state index is 13.0. The van der Waals surface area contributed by atoms with Crippen molar-refractivity contribution in [2.24, 2.45) is 0 Å². The van der Waals surface area contributed by atoms with Gasteiger partial charge in [-0.05, 0) is 26.7 Å². The van der Waals surface area contributed by atoms with Gasteiger partial charge in [0.05, 0.1) is 17.5 Å². The molecule has 0 saturated carbocycles. The Morgan fingerprint density at radius 1 is 1.22 bits per heavy atom. The Kier molecular flexibility index (Phi) is 5.85. The van der Waals surface area contributed by atoms with Crippen LogP contribution in [0.15, 0.2) is 12.1 Å². The van der Waals surface area contributed by atoms with Crippen molar-refractivity contribution in [2.45, 2.75) is 32.8 Å². The summed E-state index contributed by atoms with van der Waals surface area (Å²) in [5.74, 6) is -1.82. The molecule has 0 bridgehead atoms. The van der Waals surface area contributed by atoms with Crippen LogP contribution in [0.5, 0.6) is 0 Å². The molecule has 0 amide bonds. The molecule has 0 aliphatic carbocycles. The first kappa shape index (κ1) is 14.7. The van der Waals surface area contributed by atoms with Gasteiger partial charge in [0, 0.05) is 25.3 Å². The number of benzene rings is 1. The Hall–Kier alpha value is -1.36. The van der Waals surface area contributed by atoms with Crippen molar-refractivity contribution in [2.75, 3.05) is 24.2 Å². The van der Waals surface area contributed by atoms with Gasteiger partial charge < -0.3 is 15.8 Å². The summed E-state index contributed by atoms with van der Waals surface area (Å²) in [5.41, 5.74) is 6.22. The smallest absolute Gasteiger partial charge is 0.161 e. The molecule has 0 saturated heterocycles. The Morgan fingerprint density at radius 3 is 2.56 bits per heavy atom. The third-order valence-electron chi connectivity index (χ3n) is 2.43. The van der Waals surface area contributed by atoms with Gasteiger partial charge in [-0.25, -0.2) is 8.78 Å². The van der Waals surface area contributed by atoms with Gasteiger partial charge in [-0.2, -0.15) is 0 Å². The maximum absolute atomic E-state index is 13.0. The van der Waals surface area contributed by atoms with Gasteiger partial charge in [-0.1, -0.05) is 0 Å². The van der Waals surface area contributed by atoms with Crippen LogP contribution in [0.2, 0.25) is 0 Å². The second-order valence-electron chi connectivity index (χ2n) is 4.41. The van der Waals surface area contributed by atoms with E-state index in [1.807, 2.05) is 13.8 Å². The molecule has 3 nitrogen and oxygen atoms in total. The van der Waals surface area contributed by atoms with E-state index in [1.54, 1.807) is 0 Å². The normalized spacial score (nSPS) is 10.9. The number of hydrogen-bond acceptors (Lipinski definition) is 3. The van der Waals surface area contributed by atoms with Crippen LogP contribution in [0.1, 0.15) is 26.7 Å². The number of nitrogen functional groups attached to an aromatic ring is 1. The highest BCUT2D eigenvalue weighted by Gasteiger charge is 2.06. The average Bonchev–Trinajstić information content (AvgIpc) is 2.29. The molecule has 5 heteroatoms. The van der Waals surface area contributed by atoms with Crippen LogP contribution in [0.25, 0.3) is 0 Å². The number of ether oxygens (including phenoxy) is 1. The minimum atomic E-state index is -0.927. The highest BCUT2D eigenvalue weighted by Crippen LogP contribution is 2.21. The number of anilines is 2. The molecule has 0 unspecified atom stereocenters. The van der Waals surface area contributed by atoms with Crippen LogP contribution in [0.4, 0.5) is 20.2 Å². The molecule has 3 N–H and O–H groups in total. The second kappa shape index (κ2) is 7.16. The monoisotopic (exact) mass is 258 g/mol. The number of rotatable bonds is 7. The molecule has 0 fully saturated rings. The summed E-state index contributed by atoms with van der Waals surface area (Å²) in [5, 5.41) is 2.98. The van der Waals surface area contributed by atoms with E-state index >= 15 is 0 Å². The molecule has 0 spiro atoms. The van der Waals surface area contributed by atoms with Crippen LogP contribution in [-0.4, -0.2) is 19.3 Å². The van der Waals surface area contributed by atoms with Gasteiger partial charge in [0.2, 0.25) is 0 Å². The van der Waals surface area contributed by atoms with Crippen LogP contribution in [0.3, 0.4) is 0 Å². The van der Waals surface area contributed by atoms with Gasteiger partial charge in [0.15, 0.2) is 11.6 Å². The minimum absolute atomic E-state index is 0.215. The quantitative estimate of drug-likeness (QED) is 0.583. The number of nitrogens with one attached hydrogen (secondary N) is 1. The molecular formula is C13H20F2N2O. The number of halogens is 2. The fraction of sp³-hybridized carbons (Fsp3) is 0.538. The van der Waals surface area contributed by atoms with Crippen molar-refractivity contribution >= 4 is 11.4 Å². The zero-order chi connectivity index (χ0) is 13.5. The van der Waals surface area contributed by atoms with E-state index in [0.717, 1.165) is 25.0 Å². The zero-order valence-corrected chi connectivity index (χ0v) is 10.8. The Labute approximate surface area is 106 Å². The Bertz CT molecular complexity index is 383. The third-order valence-corrected chi connectivity index (χ3v) is 2.43. The molecule has 0 aliphatic rings. The van der Waals surface area contributed by atoms with Gasteiger partial charge in [0.25, 0.3) is 0 Å². The van der Waals surface area contributed by atoms with Crippen LogP contribution in [0, 0.1) is 11.6 Å². The van der Waals surface area contributed by atoms with Crippen molar-refractivity contribution < 1.29 is 13.5 Å². The molecule has 0 aliphatic heterocycles. The molecule has 0 atom stereocenters. The van der Waals surface area contributed by atoms with Gasteiger partial charge in [-0.15, -0.1) is 0 Å². The largest absolute Gasteiger partial charge is 0.397 e. The number of nitrogens with two attached hydrogens (primary N) is 1. The average molecular weight is 258 g/mol. The van der Waals surface area contributed by atoms with Crippen molar-refractivity contribution in [3.8, 4) is 0 Å². The van der Waals surface area contributed by atoms with E-state index in [2.05, 4.69) is 5.32 Å². The summed E-state index contributed by atoms with van der Waals surface area (Å²) in [6.07, 6.45) is 2.03. The highest BCUT2D eigenvalue weighted by atomic mass is 19.2. The lowest BCUT2D eigenvalue weighted by molar-refractivity contribution is 0.0765. The Balaban J connectivity index is 2.29. The summed E-state index contributed by atoms with van der Waals surface area (Å²) in [6.45, 7) is 5.32. The van der Waals surface area contributed by atoms with Crippen molar-refractivity contribution in [1.82, 2.24) is 0 Å². The molecule has 18 heavy (non-hydrogen) atoms. The lowest BCUT2D eigenvalue weighted by Gasteiger charge is -2.10. The molecule has 0 heterocycles. The molecular weight excluding hydrogens is 238 g/mol. The van der Waals surface area contributed by atoms with E-state index in [-0.39, 0.29) is 11.8 Å². The molecule has 1 aromatic carbocycles. The summed E-state index contributed by atoms with van der Waals surface area (Å²) in [6, 6.07) is 2.06. The van der Waals surface area contributed by atoms with Crippen molar-refractivity contribution in [1.29, 1.82) is 0 Å². The lowest BCUT2D eigenvalue weighted by atomic mass is 10.2. The van der Waals surface area contributed by atoms with Gasteiger partial charge in [0.1, 0.15) is 0 Å². The number of unbranched alkanes of at least 4 members (excludes halogenated alkanes) is 1. The fourth-order valence-corrected chi connectivity index (χ4v) is 1.48. The predicted octanol–water partition coefficient (Wildman–Crippen LogP) is 3.16. The zero-order valence-electron chi connectivity index (χ0n) is 10.8. The fourth-order valence-electron chi connectivity index (χ4n) is 1.48. The van der Waals surface area contributed by atoms with E-state index in [9.17, 15) is 8.78 Å². The summed E-state index contributed by atoms with van der Waals surface area (Å²) < 4.78 is 31.2. The Morgan fingerprint density at radius 2 is 1.89 bits per heavy atom. The number of hydrogen-bond donors (Lipinski definition) is 2. The summed E-state index contributed by atoms with van der Waals surface area (Å²) in [7, 11) is 0. The maximum Gasteiger partial charge on any atom is 0.161 e. The first-order chi connectivity index (χ1) is 8.50. The molecule has 1 rings (SSSR count). The SMILES string of the molecule is CC(C)OCCCCNc1cc(F)c(F)cc1N. The lowest BCUT2D eigenvalue weighted by Crippen LogP contribution is -2.08. The van der Waals surface area contributed by atoms with Crippen molar-refractivity contribution in [3.63, 3.8) is 0 Å². The van der Waals surface area contributed by atoms with Gasteiger partial charge >= 0.3 is 0 Å². The molecule has 0 aromatic heterocycles. The molecule has 1 aromatic rings. The molecule has 102 valence electrons. The topological polar surface area (TPSA) is 47.3 Å². The first-order valence-electron chi connectivity index (χ1n) is 6.10. The van der Waals surface area contributed by atoms with E-state index in [1.165, 1.54) is 0 Å². The molecule has 0 radical (unpaired) electrons. The first-order valence-corrected chi connectivity index (χ1v) is 6.10. The van der Waals surface area contributed by atoms with Crippen molar-refractivity contribution in [3.05, 3.63) is 23.8 Å². The highest BCUT2D eigenvalue weighted by molar-refractivity contribution is 5.66. The van der Waals surface area contributed by atoms with E-state index in [0.29, 0.717) is 18.8 Å². The third kappa shape index (κ3) is 4.87. The van der Waals surface area contributed by atoms with Crippen LogP contribution in [-0.2, 0) is 4.74 Å². The van der Waals surface area contributed by atoms with Crippen LogP contribution >= 0.6 is 0 Å². The van der Waals surface area contributed by atoms with E-state index < -0.39 is 11.6 Å². The van der Waals surface area contributed by atoms with Crippen LogP contribution < -0.4 is 11.1 Å². The predicted molar refractivity (Wildman–Crippen MR) is 69.6 cm³/mol. The summed E-state index contributed by atoms with van der Waals surface area (Å²) in [4.78, 5) is 0. The van der Waals surface area contributed by atoms with Gasteiger partial charge in [-0.3, -0.25) is 0 Å².